The number of carbonyl (C=O) groups excluding carboxylic acids is 3. The summed E-state index contributed by atoms with van der Waals surface area (Å²) in [6.07, 6.45) is -6.20. The molecule has 0 aliphatic rings. The minimum absolute atomic E-state index is 0.0778. The lowest BCUT2D eigenvalue weighted by Crippen LogP contribution is -2.37. The van der Waals surface area contributed by atoms with Gasteiger partial charge >= 0.3 is 18.2 Å². The second-order valence-corrected chi connectivity index (χ2v) is 6.39. The molecule has 0 unspecified atom stereocenters. The quantitative estimate of drug-likeness (QED) is 0.417. The molecule has 1 aromatic heterocycles. The van der Waals surface area contributed by atoms with Crippen LogP contribution in [0.15, 0.2) is 10.7 Å². The van der Waals surface area contributed by atoms with Crippen molar-refractivity contribution in [3.63, 3.8) is 0 Å². The third-order valence-corrected chi connectivity index (χ3v) is 3.20. The number of alkyl halides is 3. The first-order chi connectivity index (χ1) is 11.3. The van der Waals surface area contributed by atoms with E-state index in [0.717, 1.165) is 7.11 Å². The molecule has 1 aromatic rings. The van der Waals surface area contributed by atoms with E-state index < -0.39 is 45.4 Å². The zero-order valence-electron chi connectivity index (χ0n) is 13.6. The third-order valence-electron chi connectivity index (χ3n) is 2.60. The number of esters is 1. The van der Waals surface area contributed by atoms with Gasteiger partial charge in [-0.25, -0.2) is 19.5 Å². The lowest BCUT2D eigenvalue weighted by molar-refractivity contribution is -0.138. The molecular formula is C14H14BrF3N2O5. The number of imide groups is 1. The summed E-state index contributed by atoms with van der Waals surface area (Å²) in [4.78, 5) is 38.9. The van der Waals surface area contributed by atoms with E-state index in [4.69, 9.17) is 4.74 Å². The average Bonchev–Trinajstić information content (AvgIpc) is 2.45. The third kappa shape index (κ3) is 5.15. The molecule has 2 amide bonds. The zero-order valence-corrected chi connectivity index (χ0v) is 15.2. The molecule has 11 heteroatoms. The highest BCUT2D eigenvalue weighted by atomic mass is 79.9. The van der Waals surface area contributed by atoms with E-state index in [9.17, 15) is 27.6 Å². The number of hydrogen-bond donors (Lipinski definition) is 0. The number of anilines is 1. The van der Waals surface area contributed by atoms with Crippen LogP contribution in [0.25, 0.3) is 0 Å². The summed E-state index contributed by atoms with van der Waals surface area (Å²) < 4.78 is 47.9. The Morgan fingerprint density at radius 2 is 1.84 bits per heavy atom. The second kappa shape index (κ2) is 7.38. The molecule has 138 valence electrons. The van der Waals surface area contributed by atoms with Crippen molar-refractivity contribution in [3.05, 3.63) is 21.9 Å². The molecule has 0 bridgehead atoms. The van der Waals surface area contributed by atoms with Crippen molar-refractivity contribution in [1.82, 2.24) is 4.98 Å². The monoisotopic (exact) mass is 426 g/mol. The van der Waals surface area contributed by atoms with E-state index in [-0.39, 0.29) is 11.3 Å². The van der Waals surface area contributed by atoms with Crippen molar-refractivity contribution >= 4 is 40.1 Å². The van der Waals surface area contributed by atoms with Crippen LogP contribution in [-0.2, 0) is 20.4 Å². The van der Waals surface area contributed by atoms with Crippen LogP contribution in [0.1, 0.15) is 36.8 Å². The summed E-state index contributed by atoms with van der Waals surface area (Å²) in [5, 5.41) is 0. The van der Waals surface area contributed by atoms with Crippen molar-refractivity contribution in [1.29, 1.82) is 0 Å². The Morgan fingerprint density at radius 1 is 1.28 bits per heavy atom. The van der Waals surface area contributed by atoms with Crippen molar-refractivity contribution in [3.8, 4) is 0 Å². The number of amides is 2. The number of hydrogen-bond acceptors (Lipinski definition) is 6. The van der Waals surface area contributed by atoms with Gasteiger partial charge in [-0.15, -0.1) is 0 Å². The van der Waals surface area contributed by atoms with Gasteiger partial charge < -0.3 is 9.47 Å². The smallest absolute Gasteiger partial charge is 0.421 e. The van der Waals surface area contributed by atoms with Crippen molar-refractivity contribution in [2.24, 2.45) is 0 Å². The molecule has 0 N–H and O–H groups in total. The molecule has 0 saturated heterocycles. The highest BCUT2D eigenvalue weighted by molar-refractivity contribution is 9.10. The van der Waals surface area contributed by atoms with Crippen LogP contribution in [0.4, 0.5) is 23.7 Å². The molecule has 1 rings (SSSR count). The Morgan fingerprint density at radius 3 is 2.24 bits per heavy atom. The molecular weight excluding hydrogens is 413 g/mol. The molecule has 0 aromatic carbocycles. The summed E-state index contributed by atoms with van der Waals surface area (Å²) in [6.45, 7) is 4.49. The van der Waals surface area contributed by atoms with Gasteiger partial charge in [0.05, 0.1) is 18.4 Å². The van der Waals surface area contributed by atoms with Gasteiger partial charge in [0.25, 0.3) is 0 Å². The van der Waals surface area contributed by atoms with Crippen molar-refractivity contribution < 1.29 is 37.0 Å². The number of carbonyl (C=O) groups is 3. The number of aromatic nitrogens is 1. The van der Waals surface area contributed by atoms with Crippen LogP contribution in [0.3, 0.4) is 0 Å². The normalized spacial score (nSPS) is 11.7. The number of pyridine rings is 1. The highest BCUT2D eigenvalue weighted by Crippen LogP contribution is 2.37. The van der Waals surface area contributed by atoms with Crippen LogP contribution in [0.5, 0.6) is 0 Å². The predicted octanol–water partition coefficient (Wildman–Crippen LogP) is 3.55. The summed E-state index contributed by atoms with van der Waals surface area (Å²) >= 11 is 2.61. The molecule has 7 nitrogen and oxygen atoms in total. The van der Waals surface area contributed by atoms with Crippen LogP contribution in [0, 0.1) is 0 Å². The van der Waals surface area contributed by atoms with Gasteiger partial charge in [-0.05, 0) is 42.8 Å². The molecule has 0 atom stereocenters. The topological polar surface area (TPSA) is 85.8 Å². The minimum Gasteiger partial charge on any atom is -0.464 e. The molecule has 0 fully saturated rings. The zero-order chi connectivity index (χ0) is 19.6. The first-order valence-electron chi connectivity index (χ1n) is 6.65. The molecule has 0 radical (unpaired) electrons. The SMILES string of the molecule is COC(=O)c1nc(Br)c(C(F)(F)F)cc1N(C=O)C(=O)OC(C)(C)C. The molecule has 25 heavy (non-hydrogen) atoms. The van der Waals surface area contributed by atoms with E-state index in [1.807, 2.05) is 0 Å². The molecule has 0 aliphatic heterocycles. The van der Waals surface area contributed by atoms with Gasteiger partial charge in [0.1, 0.15) is 10.2 Å². The van der Waals surface area contributed by atoms with Gasteiger partial charge in [0.15, 0.2) is 5.69 Å². The van der Waals surface area contributed by atoms with Gasteiger partial charge in [-0.2, -0.15) is 13.2 Å². The van der Waals surface area contributed by atoms with E-state index >= 15 is 0 Å². The summed E-state index contributed by atoms with van der Waals surface area (Å²) in [6, 6.07) is 0.432. The Hall–Kier alpha value is -2.17. The lowest BCUT2D eigenvalue weighted by Gasteiger charge is -2.25. The van der Waals surface area contributed by atoms with E-state index in [2.05, 4.69) is 25.7 Å². The number of halogens is 4. The second-order valence-electron chi connectivity index (χ2n) is 5.64. The Kier molecular flexibility index (Phi) is 6.16. The maximum absolute atomic E-state index is 13.1. The predicted molar refractivity (Wildman–Crippen MR) is 83.1 cm³/mol. The van der Waals surface area contributed by atoms with Crippen LogP contribution >= 0.6 is 15.9 Å². The lowest BCUT2D eigenvalue weighted by atomic mass is 10.2. The maximum Gasteiger partial charge on any atom is 0.421 e. The summed E-state index contributed by atoms with van der Waals surface area (Å²) in [7, 11) is 0.970. The Bertz CT molecular complexity index is 701. The van der Waals surface area contributed by atoms with Gasteiger partial charge in [-0.3, -0.25) is 4.79 Å². The fourth-order valence-corrected chi connectivity index (χ4v) is 2.14. The first kappa shape index (κ1) is 20.9. The standard InChI is InChI=1S/C14H14BrF3N2O5/c1-13(2,3)25-12(23)20(6-21)8-5-7(14(16,17)18)10(15)19-9(8)11(22)24-4/h5-6H,1-4H3. The Balaban J connectivity index is 3.59. The number of ether oxygens (including phenoxy) is 2. The highest BCUT2D eigenvalue weighted by Gasteiger charge is 2.37. The van der Waals surface area contributed by atoms with E-state index in [1.165, 1.54) is 20.8 Å². The van der Waals surface area contributed by atoms with Crippen molar-refractivity contribution in [2.75, 3.05) is 12.0 Å². The van der Waals surface area contributed by atoms with Crippen LogP contribution < -0.4 is 4.90 Å². The van der Waals surface area contributed by atoms with Gasteiger partial charge in [-0.1, -0.05) is 0 Å². The van der Waals surface area contributed by atoms with Crippen LogP contribution in [0.2, 0.25) is 0 Å². The maximum atomic E-state index is 13.1. The average molecular weight is 427 g/mol. The molecule has 0 saturated carbocycles. The Labute approximate surface area is 149 Å². The molecule has 1 heterocycles. The van der Waals surface area contributed by atoms with Gasteiger partial charge in [0, 0.05) is 0 Å². The first-order valence-corrected chi connectivity index (χ1v) is 7.44. The van der Waals surface area contributed by atoms with E-state index in [0.29, 0.717) is 6.07 Å². The number of nitrogens with zero attached hydrogens (tertiary/aromatic N) is 2. The molecule has 0 aliphatic carbocycles. The number of rotatable bonds is 3. The largest absolute Gasteiger partial charge is 0.464 e. The summed E-state index contributed by atoms with van der Waals surface area (Å²) in [5.41, 5.74) is -3.70. The summed E-state index contributed by atoms with van der Waals surface area (Å²) in [5.74, 6) is -1.14. The van der Waals surface area contributed by atoms with Crippen molar-refractivity contribution in [2.45, 2.75) is 32.5 Å². The van der Waals surface area contributed by atoms with Gasteiger partial charge in [0.2, 0.25) is 6.41 Å². The molecule has 0 spiro atoms. The van der Waals surface area contributed by atoms with E-state index in [1.54, 1.807) is 0 Å². The number of methoxy groups -OCH3 is 1. The minimum atomic E-state index is -4.85. The van der Waals surface area contributed by atoms with Crippen LogP contribution in [-0.4, -0.2) is 36.2 Å². The fraction of sp³-hybridized carbons (Fsp3) is 0.429. The fourth-order valence-electron chi connectivity index (χ4n) is 1.62.